The summed E-state index contributed by atoms with van der Waals surface area (Å²) in [6, 6.07) is 3.52. The highest BCUT2D eigenvalue weighted by Crippen LogP contribution is 2.65. The largest absolute Gasteiger partial charge is 0.347 e. The Morgan fingerprint density at radius 2 is 1.57 bits per heavy atom. The standard InChI is InChI=1S/C36H51N7O8/c1-19(44)38-34(51)41-29(35(2,3)4)33(50)43-18-22-25(36(22,5)6)27(43)30(47)39-23(16-20-14-15-20)28(46)31(48)37-17-24(45)40-26(32(49)42(7)8)21-12-10-9-11-13-21/h9-13,20,22-23,25-27,29H,14-18H2,1-8H3,(H,37,48)(H,39,47)(H,40,45)(H2,38,41,44,51)/t22?,23?,25?,26-,27-,29+/m0/s1. The molecule has 15 heteroatoms. The summed E-state index contributed by atoms with van der Waals surface area (Å²) in [5.74, 6) is -4.83. The number of hydrogen-bond donors (Lipinski definition) is 5. The van der Waals surface area contributed by atoms with Crippen molar-refractivity contribution in [2.24, 2.45) is 28.6 Å². The molecule has 1 saturated heterocycles. The van der Waals surface area contributed by atoms with E-state index in [-0.39, 0.29) is 42.0 Å². The molecule has 278 valence electrons. The van der Waals surface area contributed by atoms with Crippen LogP contribution in [0.25, 0.3) is 0 Å². The van der Waals surface area contributed by atoms with Gasteiger partial charge in [0.05, 0.1) is 12.6 Å². The van der Waals surface area contributed by atoms with Gasteiger partial charge in [-0.25, -0.2) is 4.79 Å². The van der Waals surface area contributed by atoms with E-state index in [2.05, 4.69) is 26.6 Å². The van der Waals surface area contributed by atoms with Crippen LogP contribution in [0.5, 0.6) is 0 Å². The number of rotatable bonds is 13. The Kier molecular flexibility index (Phi) is 11.6. The number of urea groups is 1. The number of imide groups is 1. The number of Topliss-reactive ketones (excluding diaryl/α,β-unsaturated/α-hetero) is 1. The van der Waals surface area contributed by atoms with E-state index >= 15 is 0 Å². The fourth-order valence-corrected chi connectivity index (χ4v) is 6.94. The molecule has 3 aliphatic rings. The van der Waals surface area contributed by atoms with Crippen LogP contribution in [0.4, 0.5) is 4.79 Å². The maximum atomic E-state index is 14.1. The van der Waals surface area contributed by atoms with E-state index in [0.717, 1.165) is 12.8 Å². The van der Waals surface area contributed by atoms with Crippen LogP contribution in [0.2, 0.25) is 0 Å². The molecule has 0 aromatic heterocycles. The minimum atomic E-state index is -1.20. The molecule has 8 amide bonds. The van der Waals surface area contributed by atoms with E-state index in [0.29, 0.717) is 5.56 Å². The lowest BCUT2D eigenvalue weighted by Gasteiger charge is -2.37. The Hall–Kier alpha value is -4.82. The van der Waals surface area contributed by atoms with Crippen molar-refractivity contribution in [2.45, 2.75) is 85.0 Å². The van der Waals surface area contributed by atoms with Crippen LogP contribution >= 0.6 is 0 Å². The molecule has 51 heavy (non-hydrogen) atoms. The molecule has 3 fully saturated rings. The number of likely N-dealkylation sites (tertiary alicyclic amines) is 1. The molecular formula is C36H51N7O8. The molecule has 5 N–H and O–H groups in total. The number of fused-ring (bicyclic) bond motifs is 1. The van der Waals surface area contributed by atoms with Crippen molar-refractivity contribution in [3.63, 3.8) is 0 Å². The topological polar surface area (TPSA) is 203 Å². The molecule has 0 bridgehead atoms. The number of nitrogens with zero attached hydrogens (tertiary/aromatic N) is 2. The Bertz CT molecular complexity index is 1570. The van der Waals surface area contributed by atoms with Crippen LogP contribution in [-0.4, -0.2) is 102 Å². The molecular weight excluding hydrogens is 658 g/mol. The second-order valence-corrected chi connectivity index (χ2v) is 15.8. The number of likely N-dealkylation sites (N-methyl/N-ethyl adjacent to an activating group) is 1. The first kappa shape index (κ1) is 39.0. The third-order valence-corrected chi connectivity index (χ3v) is 10.1. The van der Waals surface area contributed by atoms with E-state index in [1.807, 2.05) is 13.8 Å². The van der Waals surface area contributed by atoms with Crippen molar-refractivity contribution in [2.75, 3.05) is 27.2 Å². The fourth-order valence-electron chi connectivity index (χ4n) is 6.94. The lowest BCUT2D eigenvalue weighted by molar-refractivity contribution is -0.145. The highest BCUT2D eigenvalue weighted by molar-refractivity contribution is 6.38. The molecule has 0 radical (unpaired) electrons. The number of piperidine rings is 1. The number of carbonyl (C=O) groups is 8. The number of hydrogen-bond acceptors (Lipinski definition) is 8. The van der Waals surface area contributed by atoms with Gasteiger partial charge in [-0.1, -0.05) is 77.8 Å². The SMILES string of the molecule is CC(=O)NC(=O)N[C@H](C(=O)N1CC2C([C@H]1C(=O)NC(CC1CC1)C(=O)C(=O)NCC(=O)N[C@H](C(=O)N(C)C)c1ccccc1)C2(C)C)C(C)(C)C. The van der Waals surface area contributed by atoms with Crippen LogP contribution in [0, 0.1) is 28.6 Å². The molecule has 2 aliphatic carbocycles. The van der Waals surface area contributed by atoms with E-state index < -0.39 is 77.5 Å². The number of ketones is 1. The number of amides is 8. The van der Waals surface area contributed by atoms with E-state index in [1.165, 1.54) is 16.7 Å². The van der Waals surface area contributed by atoms with E-state index in [1.54, 1.807) is 65.2 Å². The third-order valence-electron chi connectivity index (χ3n) is 10.1. The number of nitrogens with one attached hydrogen (secondary N) is 5. The molecule has 0 spiro atoms. The molecule has 4 rings (SSSR count). The lowest BCUT2D eigenvalue weighted by Crippen LogP contribution is -2.61. The van der Waals surface area contributed by atoms with E-state index in [9.17, 15) is 38.4 Å². The zero-order valence-electron chi connectivity index (χ0n) is 30.6. The summed E-state index contributed by atoms with van der Waals surface area (Å²) in [6.07, 6.45) is 1.88. The Morgan fingerprint density at radius 1 is 0.941 bits per heavy atom. The van der Waals surface area contributed by atoms with Crippen molar-refractivity contribution < 1.29 is 38.4 Å². The van der Waals surface area contributed by atoms with Crippen molar-refractivity contribution >= 4 is 47.3 Å². The summed E-state index contributed by atoms with van der Waals surface area (Å²) in [7, 11) is 3.11. The first-order valence-corrected chi connectivity index (χ1v) is 17.3. The summed E-state index contributed by atoms with van der Waals surface area (Å²) in [5, 5.41) is 12.4. The van der Waals surface area contributed by atoms with Crippen molar-refractivity contribution in [1.29, 1.82) is 0 Å². The maximum absolute atomic E-state index is 14.1. The van der Waals surface area contributed by atoms with Crippen molar-refractivity contribution in [3.8, 4) is 0 Å². The fraction of sp³-hybridized carbons (Fsp3) is 0.611. The Morgan fingerprint density at radius 3 is 2.12 bits per heavy atom. The van der Waals surface area contributed by atoms with Gasteiger partial charge in [-0.2, -0.15) is 0 Å². The molecule has 1 aromatic rings. The molecule has 1 aliphatic heterocycles. The van der Waals surface area contributed by atoms with Crippen LogP contribution in [0.15, 0.2) is 30.3 Å². The average Bonchev–Trinajstić information content (AvgIpc) is 3.90. The van der Waals surface area contributed by atoms with Crippen LogP contribution < -0.4 is 26.6 Å². The molecule has 6 atom stereocenters. The van der Waals surface area contributed by atoms with Crippen molar-refractivity contribution in [3.05, 3.63) is 35.9 Å². The van der Waals surface area contributed by atoms with Gasteiger partial charge in [0.2, 0.25) is 35.3 Å². The summed E-state index contributed by atoms with van der Waals surface area (Å²) in [5.41, 5.74) is -0.505. The van der Waals surface area contributed by atoms with Gasteiger partial charge in [0.25, 0.3) is 5.91 Å². The van der Waals surface area contributed by atoms with Crippen LogP contribution in [0.3, 0.4) is 0 Å². The molecule has 1 aromatic carbocycles. The first-order valence-electron chi connectivity index (χ1n) is 17.3. The number of carbonyl (C=O) groups excluding carboxylic acids is 8. The van der Waals surface area contributed by atoms with Crippen LogP contribution in [0.1, 0.15) is 72.4 Å². The van der Waals surface area contributed by atoms with Gasteiger partial charge >= 0.3 is 6.03 Å². The summed E-state index contributed by atoms with van der Waals surface area (Å²) in [4.78, 5) is 107. The summed E-state index contributed by atoms with van der Waals surface area (Å²) in [6.45, 7) is 10.1. The van der Waals surface area contributed by atoms with Crippen LogP contribution in [-0.2, 0) is 33.6 Å². The molecule has 2 saturated carbocycles. The van der Waals surface area contributed by atoms with Gasteiger partial charge in [0, 0.05) is 27.6 Å². The smallest absolute Gasteiger partial charge is 0.322 e. The van der Waals surface area contributed by atoms with Gasteiger partial charge in [0.15, 0.2) is 0 Å². The monoisotopic (exact) mass is 709 g/mol. The summed E-state index contributed by atoms with van der Waals surface area (Å²) >= 11 is 0. The predicted octanol–water partition coefficient (Wildman–Crippen LogP) is 0.646. The first-order chi connectivity index (χ1) is 23.7. The Balaban J connectivity index is 1.46. The minimum Gasteiger partial charge on any atom is -0.347 e. The molecule has 3 unspecified atom stereocenters. The minimum absolute atomic E-state index is 0.00217. The molecule has 1 heterocycles. The second-order valence-electron chi connectivity index (χ2n) is 15.8. The van der Waals surface area contributed by atoms with Crippen molar-refractivity contribution in [1.82, 2.24) is 36.4 Å². The average molecular weight is 710 g/mol. The predicted molar refractivity (Wildman–Crippen MR) is 185 cm³/mol. The third kappa shape index (κ3) is 9.30. The van der Waals surface area contributed by atoms with Gasteiger partial charge in [-0.05, 0) is 40.6 Å². The highest BCUT2D eigenvalue weighted by atomic mass is 16.2. The second kappa shape index (κ2) is 15.2. The zero-order valence-corrected chi connectivity index (χ0v) is 30.6. The quantitative estimate of drug-likeness (QED) is 0.184. The highest BCUT2D eigenvalue weighted by Gasteiger charge is 2.70. The zero-order chi connectivity index (χ0) is 38.0. The van der Waals surface area contributed by atoms with E-state index in [4.69, 9.17) is 0 Å². The van der Waals surface area contributed by atoms with Gasteiger partial charge < -0.3 is 31.1 Å². The lowest BCUT2D eigenvalue weighted by atomic mass is 9.85. The maximum Gasteiger partial charge on any atom is 0.322 e. The Labute approximate surface area is 298 Å². The number of benzene rings is 1. The van der Waals surface area contributed by atoms with Gasteiger partial charge in [-0.3, -0.25) is 38.9 Å². The normalized spacial score (nSPS) is 21.9. The molecule has 15 nitrogen and oxygen atoms in total. The summed E-state index contributed by atoms with van der Waals surface area (Å²) < 4.78 is 0. The van der Waals surface area contributed by atoms with Gasteiger partial charge in [0.1, 0.15) is 18.1 Å². The van der Waals surface area contributed by atoms with Gasteiger partial charge in [-0.15, -0.1) is 0 Å².